The van der Waals surface area contributed by atoms with Gasteiger partial charge in [0, 0.05) is 18.9 Å². The van der Waals surface area contributed by atoms with Gasteiger partial charge < -0.3 is 5.32 Å². The third-order valence-electron chi connectivity index (χ3n) is 3.93. The van der Waals surface area contributed by atoms with Crippen molar-refractivity contribution in [2.45, 2.75) is 40.3 Å². The number of aromatic amines is 1. The van der Waals surface area contributed by atoms with Crippen LogP contribution in [0.4, 0.5) is 0 Å². The van der Waals surface area contributed by atoms with Gasteiger partial charge in [-0.2, -0.15) is 10.2 Å². The van der Waals surface area contributed by atoms with Crippen molar-refractivity contribution in [3.05, 3.63) is 58.9 Å². The highest BCUT2D eigenvalue weighted by Crippen LogP contribution is 2.21. The first kappa shape index (κ1) is 15.4. The molecule has 3 rings (SSSR count). The van der Waals surface area contributed by atoms with Crippen LogP contribution in [0.3, 0.4) is 0 Å². The molecule has 2 N–H and O–H groups in total. The van der Waals surface area contributed by atoms with Crippen LogP contribution in [-0.4, -0.2) is 25.0 Å². The van der Waals surface area contributed by atoms with Gasteiger partial charge in [0.05, 0.1) is 11.7 Å². The predicted octanol–water partition coefficient (Wildman–Crippen LogP) is 2.77. The summed E-state index contributed by atoms with van der Waals surface area (Å²) in [7, 11) is 0. The van der Waals surface area contributed by atoms with Gasteiger partial charge in [0.15, 0.2) is 5.82 Å². The Morgan fingerprint density at radius 3 is 2.74 bits per heavy atom. The Bertz CT molecular complexity index is 788. The van der Waals surface area contributed by atoms with Crippen LogP contribution in [0.1, 0.15) is 41.3 Å². The van der Waals surface area contributed by atoms with E-state index in [4.69, 9.17) is 0 Å². The SMILES string of the molecule is Cc1cc(C)c(CNC(C)c2n[nH]c(C)n2)c(-n2cccn2)c1. The number of hydrogen-bond donors (Lipinski definition) is 2. The number of H-pyrrole nitrogens is 1. The smallest absolute Gasteiger partial charge is 0.167 e. The van der Waals surface area contributed by atoms with Crippen molar-refractivity contribution in [3.8, 4) is 5.69 Å². The van der Waals surface area contributed by atoms with E-state index in [9.17, 15) is 0 Å². The molecule has 0 saturated heterocycles. The molecule has 23 heavy (non-hydrogen) atoms. The van der Waals surface area contributed by atoms with E-state index in [1.807, 2.05) is 23.9 Å². The lowest BCUT2D eigenvalue weighted by Crippen LogP contribution is -2.21. The lowest BCUT2D eigenvalue weighted by molar-refractivity contribution is 0.545. The van der Waals surface area contributed by atoms with Gasteiger partial charge in [-0.3, -0.25) is 5.10 Å². The molecular formula is C17H22N6. The fourth-order valence-corrected chi connectivity index (χ4v) is 2.72. The molecule has 0 spiro atoms. The minimum Gasteiger partial charge on any atom is -0.303 e. The minimum atomic E-state index is 0.0751. The second-order valence-corrected chi connectivity index (χ2v) is 5.91. The molecule has 0 aliphatic carbocycles. The van der Waals surface area contributed by atoms with Crippen molar-refractivity contribution in [3.63, 3.8) is 0 Å². The molecule has 0 aliphatic heterocycles. The van der Waals surface area contributed by atoms with Crippen molar-refractivity contribution in [1.29, 1.82) is 0 Å². The predicted molar refractivity (Wildman–Crippen MR) is 89.4 cm³/mol. The third-order valence-corrected chi connectivity index (χ3v) is 3.93. The summed E-state index contributed by atoms with van der Waals surface area (Å²) in [5.41, 5.74) is 4.83. The molecule has 0 aliphatic rings. The largest absolute Gasteiger partial charge is 0.303 e. The van der Waals surface area contributed by atoms with E-state index >= 15 is 0 Å². The molecule has 120 valence electrons. The number of hydrogen-bond acceptors (Lipinski definition) is 4. The number of benzene rings is 1. The molecule has 0 bridgehead atoms. The van der Waals surface area contributed by atoms with Crippen LogP contribution < -0.4 is 5.32 Å². The number of nitrogens with zero attached hydrogens (tertiary/aromatic N) is 4. The Labute approximate surface area is 136 Å². The number of aryl methyl sites for hydroxylation is 3. The summed E-state index contributed by atoms with van der Waals surface area (Å²) in [5.74, 6) is 1.62. The van der Waals surface area contributed by atoms with Crippen LogP contribution in [0.25, 0.3) is 5.69 Å². The Kier molecular flexibility index (Phi) is 4.25. The fraction of sp³-hybridized carbons (Fsp3) is 0.353. The Hall–Kier alpha value is -2.47. The molecule has 6 heteroatoms. The first-order valence-corrected chi connectivity index (χ1v) is 7.77. The molecule has 1 unspecified atom stereocenters. The molecule has 0 fully saturated rings. The third kappa shape index (κ3) is 3.32. The van der Waals surface area contributed by atoms with Gasteiger partial charge in [-0.25, -0.2) is 9.67 Å². The van der Waals surface area contributed by atoms with Gasteiger partial charge in [-0.1, -0.05) is 6.07 Å². The maximum atomic E-state index is 4.39. The first-order chi connectivity index (χ1) is 11.0. The number of rotatable bonds is 5. The Morgan fingerprint density at radius 2 is 2.09 bits per heavy atom. The lowest BCUT2D eigenvalue weighted by Gasteiger charge is -2.17. The molecule has 0 amide bonds. The summed E-state index contributed by atoms with van der Waals surface area (Å²) in [4.78, 5) is 4.39. The van der Waals surface area contributed by atoms with Crippen LogP contribution in [0.15, 0.2) is 30.6 Å². The lowest BCUT2D eigenvalue weighted by atomic mass is 10.0. The summed E-state index contributed by atoms with van der Waals surface area (Å²) in [6, 6.07) is 6.38. The summed E-state index contributed by atoms with van der Waals surface area (Å²) in [6.45, 7) is 8.95. The zero-order valence-electron chi connectivity index (χ0n) is 14.0. The molecule has 3 aromatic rings. The minimum absolute atomic E-state index is 0.0751. The molecule has 2 aromatic heterocycles. The summed E-state index contributed by atoms with van der Waals surface area (Å²) < 4.78 is 1.92. The molecule has 6 nitrogen and oxygen atoms in total. The fourth-order valence-electron chi connectivity index (χ4n) is 2.72. The van der Waals surface area contributed by atoms with E-state index in [0.717, 1.165) is 23.9 Å². The number of nitrogens with one attached hydrogen (secondary N) is 2. The molecule has 0 saturated carbocycles. The van der Waals surface area contributed by atoms with E-state index < -0.39 is 0 Å². The van der Waals surface area contributed by atoms with Gasteiger partial charge in [-0.05, 0) is 56.5 Å². The topological polar surface area (TPSA) is 71.4 Å². The maximum Gasteiger partial charge on any atom is 0.167 e. The van der Waals surface area contributed by atoms with Gasteiger partial charge in [0.2, 0.25) is 0 Å². The average molecular weight is 310 g/mol. The zero-order chi connectivity index (χ0) is 16.4. The van der Waals surface area contributed by atoms with Crippen LogP contribution in [0, 0.1) is 20.8 Å². The van der Waals surface area contributed by atoms with E-state index in [0.29, 0.717) is 0 Å². The molecule has 0 radical (unpaired) electrons. The first-order valence-electron chi connectivity index (χ1n) is 7.77. The van der Waals surface area contributed by atoms with E-state index in [2.05, 4.69) is 58.5 Å². The van der Waals surface area contributed by atoms with Crippen LogP contribution >= 0.6 is 0 Å². The van der Waals surface area contributed by atoms with Gasteiger partial charge in [-0.15, -0.1) is 0 Å². The second-order valence-electron chi connectivity index (χ2n) is 5.91. The standard InChI is InChI=1S/C17H22N6/c1-11-8-12(2)15(16(9-11)23-7-5-6-19-23)10-18-13(3)17-20-14(4)21-22-17/h5-9,13,18H,10H2,1-4H3,(H,20,21,22). The summed E-state index contributed by atoms with van der Waals surface area (Å²) in [6.07, 6.45) is 3.77. The monoisotopic (exact) mass is 310 g/mol. The molecule has 1 atom stereocenters. The van der Waals surface area contributed by atoms with Crippen LogP contribution in [0.2, 0.25) is 0 Å². The summed E-state index contributed by atoms with van der Waals surface area (Å²) in [5, 5.41) is 15.0. The highest BCUT2D eigenvalue weighted by Gasteiger charge is 2.14. The van der Waals surface area contributed by atoms with Crippen LogP contribution in [-0.2, 0) is 6.54 Å². The molecule has 2 heterocycles. The van der Waals surface area contributed by atoms with E-state index in [1.165, 1.54) is 16.7 Å². The molecule has 1 aromatic carbocycles. The highest BCUT2D eigenvalue weighted by molar-refractivity contribution is 5.48. The van der Waals surface area contributed by atoms with Crippen molar-refractivity contribution in [1.82, 2.24) is 30.3 Å². The van der Waals surface area contributed by atoms with Gasteiger partial charge in [0.1, 0.15) is 5.82 Å². The van der Waals surface area contributed by atoms with Crippen molar-refractivity contribution in [2.75, 3.05) is 0 Å². The second kappa shape index (κ2) is 6.34. The van der Waals surface area contributed by atoms with Crippen molar-refractivity contribution >= 4 is 0 Å². The van der Waals surface area contributed by atoms with E-state index in [1.54, 1.807) is 6.20 Å². The zero-order valence-corrected chi connectivity index (χ0v) is 14.0. The average Bonchev–Trinajstić information content (AvgIpc) is 3.16. The quantitative estimate of drug-likeness (QED) is 0.760. The highest BCUT2D eigenvalue weighted by atomic mass is 15.3. The maximum absolute atomic E-state index is 4.39. The molecular weight excluding hydrogens is 288 g/mol. The summed E-state index contributed by atoms with van der Waals surface area (Å²) >= 11 is 0. The van der Waals surface area contributed by atoms with Crippen LogP contribution in [0.5, 0.6) is 0 Å². The van der Waals surface area contributed by atoms with E-state index in [-0.39, 0.29) is 6.04 Å². The van der Waals surface area contributed by atoms with Gasteiger partial charge >= 0.3 is 0 Å². The normalized spacial score (nSPS) is 12.5. The van der Waals surface area contributed by atoms with Gasteiger partial charge in [0.25, 0.3) is 0 Å². The van der Waals surface area contributed by atoms with Crippen molar-refractivity contribution < 1.29 is 0 Å². The number of aromatic nitrogens is 5. The Balaban J connectivity index is 1.85. The Morgan fingerprint density at radius 1 is 1.26 bits per heavy atom. The van der Waals surface area contributed by atoms with Crippen molar-refractivity contribution in [2.24, 2.45) is 0 Å².